The normalized spacial score (nSPS) is 12.4. The lowest BCUT2D eigenvalue weighted by molar-refractivity contribution is -0.274. The van der Waals surface area contributed by atoms with Crippen molar-refractivity contribution in [2.45, 2.75) is 19.3 Å². The van der Waals surface area contributed by atoms with Crippen molar-refractivity contribution in [2.75, 3.05) is 0 Å². The summed E-state index contributed by atoms with van der Waals surface area (Å²) in [6.07, 6.45) is -4.78. The fourth-order valence-electron chi connectivity index (χ4n) is 2.05. The molecule has 0 amide bonds. The van der Waals surface area contributed by atoms with E-state index in [4.69, 9.17) is 5.73 Å². The SMILES string of the molecule is Cc1cc(F)c(O)c([C@H](N)c2ccc(OC(F)(F)F)cc2)c1.Cl. The molecule has 0 radical (unpaired) electrons. The summed E-state index contributed by atoms with van der Waals surface area (Å²) in [5.74, 6) is -1.76. The van der Waals surface area contributed by atoms with E-state index in [0.717, 1.165) is 18.2 Å². The molecule has 0 unspecified atom stereocenters. The molecule has 0 aliphatic rings. The summed E-state index contributed by atoms with van der Waals surface area (Å²) in [4.78, 5) is 0. The second-order valence-electron chi connectivity index (χ2n) is 4.78. The Hall–Kier alpha value is -1.99. The lowest BCUT2D eigenvalue weighted by Crippen LogP contribution is -2.17. The van der Waals surface area contributed by atoms with Crippen LogP contribution in [0.15, 0.2) is 36.4 Å². The Balaban J connectivity index is 0.00000264. The number of hydrogen-bond acceptors (Lipinski definition) is 3. The van der Waals surface area contributed by atoms with Gasteiger partial charge in [-0.15, -0.1) is 25.6 Å². The molecule has 8 heteroatoms. The van der Waals surface area contributed by atoms with E-state index >= 15 is 0 Å². The van der Waals surface area contributed by atoms with Crippen molar-refractivity contribution in [1.29, 1.82) is 0 Å². The summed E-state index contributed by atoms with van der Waals surface area (Å²) in [6.45, 7) is 1.64. The largest absolute Gasteiger partial charge is 0.573 e. The van der Waals surface area contributed by atoms with Gasteiger partial charge in [0.05, 0.1) is 6.04 Å². The maximum Gasteiger partial charge on any atom is 0.573 e. The molecule has 0 aliphatic carbocycles. The summed E-state index contributed by atoms with van der Waals surface area (Å²) in [7, 11) is 0. The minimum atomic E-state index is -4.78. The van der Waals surface area contributed by atoms with Gasteiger partial charge in [-0.3, -0.25) is 0 Å². The molecule has 0 bridgehead atoms. The Morgan fingerprint density at radius 2 is 1.70 bits per heavy atom. The number of aryl methyl sites for hydroxylation is 1. The zero-order chi connectivity index (χ0) is 16.5. The lowest BCUT2D eigenvalue weighted by Gasteiger charge is -2.16. The number of aromatic hydroxyl groups is 1. The van der Waals surface area contributed by atoms with E-state index in [1.807, 2.05) is 0 Å². The van der Waals surface area contributed by atoms with Gasteiger partial charge in [-0.2, -0.15) is 0 Å². The highest BCUT2D eigenvalue weighted by Gasteiger charge is 2.31. The van der Waals surface area contributed by atoms with Gasteiger partial charge in [0.1, 0.15) is 5.75 Å². The first kappa shape index (κ1) is 19.1. The zero-order valence-corrected chi connectivity index (χ0v) is 12.7. The minimum Gasteiger partial charge on any atom is -0.505 e. The van der Waals surface area contributed by atoms with Crippen LogP contribution >= 0.6 is 12.4 Å². The van der Waals surface area contributed by atoms with E-state index in [1.165, 1.54) is 18.2 Å². The first-order valence-electron chi connectivity index (χ1n) is 6.27. The van der Waals surface area contributed by atoms with Crippen LogP contribution in [-0.4, -0.2) is 11.5 Å². The quantitative estimate of drug-likeness (QED) is 0.814. The van der Waals surface area contributed by atoms with Crippen LogP contribution in [0.3, 0.4) is 0 Å². The molecule has 1 atom stereocenters. The highest BCUT2D eigenvalue weighted by Crippen LogP contribution is 2.32. The molecule has 2 aromatic carbocycles. The number of benzene rings is 2. The number of phenolic OH excluding ortho intramolecular Hbond substituents is 1. The number of alkyl halides is 3. The molecule has 0 aliphatic heterocycles. The summed E-state index contributed by atoms with van der Waals surface area (Å²) in [6, 6.07) is 6.65. The standard InChI is InChI=1S/C15H13F4NO2.ClH/c1-8-6-11(14(21)12(16)7-8)13(20)9-2-4-10(5-3-9)22-15(17,18)19;/h2-7,13,21H,20H2,1H3;1H/t13-;/m1./s1. The Labute approximate surface area is 136 Å². The molecule has 0 fully saturated rings. The van der Waals surface area contributed by atoms with Gasteiger partial charge in [0.2, 0.25) is 0 Å². The Kier molecular flexibility index (Phi) is 5.85. The monoisotopic (exact) mass is 351 g/mol. The Morgan fingerprint density at radius 1 is 1.13 bits per heavy atom. The molecule has 0 spiro atoms. The number of halogens is 5. The first-order chi connectivity index (χ1) is 10.2. The predicted molar refractivity (Wildman–Crippen MR) is 79.2 cm³/mol. The third kappa shape index (κ3) is 4.74. The second kappa shape index (κ2) is 7.06. The van der Waals surface area contributed by atoms with Crippen molar-refractivity contribution in [3.05, 3.63) is 58.9 Å². The highest BCUT2D eigenvalue weighted by molar-refractivity contribution is 5.85. The van der Waals surface area contributed by atoms with Crippen molar-refractivity contribution in [3.8, 4) is 11.5 Å². The number of rotatable bonds is 3. The van der Waals surface area contributed by atoms with E-state index < -0.39 is 24.0 Å². The molecule has 2 aromatic rings. The number of phenols is 1. The van der Waals surface area contributed by atoms with E-state index in [-0.39, 0.29) is 23.7 Å². The molecule has 0 saturated carbocycles. The zero-order valence-electron chi connectivity index (χ0n) is 11.9. The van der Waals surface area contributed by atoms with Crippen molar-refractivity contribution in [2.24, 2.45) is 5.73 Å². The fraction of sp³-hybridized carbons (Fsp3) is 0.200. The van der Waals surface area contributed by atoms with E-state index in [9.17, 15) is 22.7 Å². The van der Waals surface area contributed by atoms with E-state index in [2.05, 4.69) is 4.74 Å². The van der Waals surface area contributed by atoms with Gasteiger partial charge in [-0.25, -0.2) is 4.39 Å². The first-order valence-corrected chi connectivity index (χ1v) is 6.27. The van der Waals surface area contributed by atoms with Gasteiger partial charge < -0.3 is 15.6 Å². The van der Waals surface area contributed by atoms with Gasteiger partial charge >= 0.3 is 6.36 Å². The van der Waals surface area contributed by atoms with E-state index in [1.54, 1.807) is 6.92 Å². The number of ether oxygens (including phenoxy) is 1. The van der Waals surface area contributed by atoms with Crippen LogP contribution in [0.2, 0.25) is 0 Å². The summed E-state index contributed by atoms with van der Waals surface area (Å²) in [5.41, 5.74) is 7.08. The molecular formula is C15H14ClF4NO2. The van der Waals surface area contributed by atoms with Crippen LogP contribution in [-0.2, 0) is 0 Å². The Morgan fingerprint density at radius 3 is 2.22 bits per heavy atom. The molecule has 126 valence electrons. The average Bonchev–Trinajstić information content (AvgIpc) is 2.41. The summed E-state index contributed by atoms with van der Waals surface area (Å²) >= 11 is 0. The van der Waals surface area contributed by atoms with Crippen LogP contribution in [0.4, 0.5) is 17.6 Å². The second-order valence-corrected chi connectivity index (χ2v) is 4.78. The summed E-state index contributed by atoms with van der Waals surface area (Å²) in [5, 5.41) is 9.73. The van der Waals surface area contributed by atoms with Crippen LogP contribution in [0.5, 0.6) is 11.5 Å². The van der Waals surface area contributed by atoms with Crippen LogP contribution in [0.25, 0.3) is 0 Å². The third-order valence-electron chi connectivity index (χ3n) is 3.05. The van der Waals surface area contributed by atoms with Gasteiger partial charge in [-0.1, -0.05) is 18.2 Å². The maximum atomic E-state index is 13.5. The van der Waals surface area contributed by atoms with Crippen LogP contribution in [0, 0.1) is 12.7 Å². The smallest absolute Gasteiger partial charge is 0.505 e. The van der Waals surface area contributed by atoms with Crippen molar-refractivity contribution < 1.29 is 27.4 Å². The van der Waals surface area contributed by atoms with Crippen LogP contribution < -0.4 is 10.5 Å². The molecule has 3 N–H and O–H groups in total. The van der Waals surface area contributed by atoms with Crippen LogP contribution in [0.1, 0.15) is 22.7 Å². The topological polar surface area (TPSA) is 55.5 Å². The fourth-order valence-corrected chi connectivity index (χ4v) is 2.05. The third-order valence-corrected chi connectivity index (χ3v) is 3.05. The molecule has 3 nitrogen and oxygen atoms in total. The lowest BCUT2D eigenvalue weighted by atomic mass is 9.97. The van der Waals surface area contributed by atoms with Crippen molar-refractivity contribution in [3.63, 3.8) is 0 Å². The molecule has 0 aromatic heterocycles. The molecule has 0 saturated heterocycles. The predicted octanol–water partition coefficient (Wildman–Crippen LogP) is 4.21. The highest BCUT2D eigenvalue weighted by atomic mass is 35.5. The molecular weight excluding hydrogens is 338 g/mol. The molecule has 23 heavy (non-hydrogen) atoms. The van der Waals surface area contributed by atoms with Gasteiger partial charge in [-0.05, 0) is 36.2 Å². The van der Waals surface area contributed by atoms with E-state index in [0.29, 0.717) is 11.1 Å². The summed E-state index contributed by atoms with van der Waals surface area (Å²) < 4.78 is 53.5. The average molecular weight is 352 g/mol. The van der Waals surface area contributed by atoms with Crippen molar-refractivity contribution >= 4 is 12.4 Å². The maximum absolute atomic E-state index is 13.5. The van der Waals surface area contributed by atoms with Gasteiger partial charge in [0.25, 0.3) is 0 Å². The number of nitrogens with two attached hydrogens (primary N) is 1. The minimum absolute atomic E-state index is 0. The number of hydrogen-bond donors (Lipinski definition) is 2. The Bertz CT molecular complexity index is 674. The molecule has 0 heterocycles. The molecule has 2 rings (SSSR count). The van der Waals surface area contributed by atoms with Crippen molar-refractivity contribution in [1.82, 2.24) is 0 Å². The van der Waals surface area contributed by atoms with Gasteiger partial charge in [0, 0.05) is 5.56 Å². The van der Waals surface area contributed by atoms with Gasteiger partial charge in [0.15, 0.2) is 11.6 Å².